The van der Waals surface area contributed by atoms with Gasteiger partial charge in [-0.3, -0.25) is 9.48 Å². The molecule has 1 rings (SSSR count). The SMILES string of the molecule is CNC(=O)C(C)n1cc(C(N)=S)cn1. The lowest BCUT2D eigenvalue weighted by molar-refractivity contribution is -0.123. The molecular weight excluding hydrogens is 200 g/mol. The number of nitrogens with zero attached hydrogens (tertiary/aromatic N) is 2. The predicted octanol–water partition coefficient (Wildman–Crippen LogP) is -0.176. The second-order valence-electron chi connectivity index (χ2n) is 2.86. The number of amides is 1. The molecular formula is C8H12N4OS. The number of hydrogen-bond acceptors (Lipinski definition) is 3. The minimum atomic E-state index is -0.358. The average Bonchev–Trinajstić information content (AvgIpc) is 2.64. The third-order valence-electron chi connectivity index (χ3n) is 1.91. The zero-order valence-electron chi connectivity index (χ0n) is 8.02. The molecule has 1 unspecified atom stereocenters. The number of likely N-dealkylation sites (N-methyl/N-ethyl adjacent to an activating group) is 1. The smallest absolute Gasteiger partial charge is 0.244 e. The van der Waals surface area contributed by atoms with Gasteiger partial charge in [-0.05, 0) is 6.92 Å². The van der Waals surface area contributed by atoms with Crippen LogP contribution in [0.15, 0.2) is 12.4 Å². The van der Waals surface area contributed by atoms with Crippen molar-refractivity contribution in [2.75, 3.05) is 7.05 Å². The first-order valence-corrected chi connectivity index (χ1v) is 4.52. The average molecular weight is 212 g/mol. The number of thiocarbonyl (C=S) groups is 1. The van der Waals surface area contributed by atoms with Crippen LogP contribution >= 0.6 is 12.2 Å². The fourth-order valence-corrected chi connectivity index (χ4v) is 1.11. The van der Waals surface area contributed by atoms with E-state index in [9.17, 15) is 4.79 Å². The normalized spacial score (nSPS) is 12.1. The summed E-state index contributed by atoms with van der Waals surface area (Å²) in [4.78, 5) is 11.5. The van der Waals surface area contributed by atoms with Crippen LogP contribution in [0.1, 0.15) is 18.5 Å². The van der Waals surface area contributed by atoms with Crippen LogP contribution in [-0.2, 0) is 4.79 Å². The quantitative estimate of drug-likeness (QED) is 0.682. The summed E-state index contributed by atoms with van der Waals surface area (Å²) in [5.74, 6) is -0.109. The van der Waals surface area contributed by atoms with E-state index >= 15 is 0 Å². The van der Waals surface area contributed by atoms with Crippen LogP contribution in [0, 0.1) is 0 Å². The van der Waals surface area contributed by atoms with Gasteiger partial charge in [-0.1, -0.05) is 12.2 Å². The molecule has 0 aliphatic rings. The predicted molar refractivity (Wildman–Crippen MR) is 56.9 cm³/mol. The van der Waals surface area contributed by atoms with Gasteiger partial charge in [0.25, 0.3) is 0 Å². The highest BCUT2D eigenvalue weighted by molar-refractivity contribution is 7.80. The maximum atomic E-state index is 11.3. The monoisotopic (exact) mass is 212 g/mol. The van der Waals surface area contributed by atoms with Crippen molar-refractivity contribution >= 4 is 23.1 Å². The third kappa shape index (κ3) is 2.08. The first-order valence-electron chi connectivity index (χ1n) is 4.11. The molecule has 0 aromatic carbocycles. The van der Waals surface area contributed by atoms with Crippen LogP contribution < -0.4 is 11.1 Å². The number of aromatic nitrogens is 2. The molecule has 0 aliphatic carbocycles. The highest BCUT2D eigenvalue weighted by Gasteiger charge is 2.14. The second kappa shape index (κ2) is 4.19. The van der Waals surface area contributed by atoms with Crippen molar-refractivity contribution in [3.05, 3.63) is 18.0 Å². The molecule has 1 aromatic rings. The number of nitrogens with two attached hydrogens (primary N) is 1. The lowest BCUT2D eigenvalue weighted by Gasteiger charge is -2.09. The zero-order chi connectivity index (χ0) is 10.7. The van der Waals surface area contributed by atoms with Gasteiger partial charge in [0.05, 0.1) is 6.20 Å². The summed E-state index contributed by atoms with van der Waals surface area (Å²) in [6.07, 6.45) is 3.20. The molecule has 1 atom stereocenters. The van der Waals surface area contributed by atoms with Crippen LogP contribution in [0.3, 0.4) is 0 Å². The van der Waals surface area contributed by atoms with Crippen molar-refractivity contribution < 1.29 is 4.79 Å². The van der Waals surface area contributed by atoms with E-state index in [1.54, 1.807) is 26.4 Å². The Morgan fingerprint density at radius 1 is 1.79 bits per heavy atom. The summed E-state index contributed by atoms with van der Waals surface area (Å²) < 4.78 is 1.52. The number of carbonyl (C=O) groups is 1. The van der Waals surface area contributed by atoms with Gasteiger partial charge >= 0.3 is 0 Å². The van der Waals surface area contributed by atoms with Crippen LogP contribution in [0.2, 0.25) is 0 Å². The first kappa shape index (κ1) is 10.6. The van der Waals surface area contributed by atoms with Gasteiger partial charge < -0.3 is 11.1 Å². The van der Waals surface area contributed by atoms with E-state index in [2.05, 4.69) is 10.4 Å². The minimum Gasteiger partial charge on any atom is -0.389 e. The Bertz CT molecular complexity index is 360. The van der Waals surface area contributed by atoms with Crippen LogP contribution in [0.4, 0.5) is 0 Å². The van der Waals surface area contributed by atoms with Gasteiger partial charge in [-0.15, -0.1) is 0 Å². The summed E-state index contributed by atoms with van der Waals surface area (Å²) in [7, 11) is 1.58. The fraction of sp³-hybridized carbons (Fsp3) is 0.375. The molecule has 5 nitrogen and oxygen atoms in total. The van der Waals surface area contributed by atoms with E-state index in [0.717, 1.165) is 0 Å². The lowest BCUT2D eigenvalue weighted by Crippen LogP contribution is -2.28. The third-order valence-corrected chi connectivity index (χ3v) is 2.14. The molecule has 1 aromatic heterocycles. The molecule has 0 saturated carbocycles. The Kier molecular flexibility index (Phi) is 3.19. The van der Waals surface area contributed by atoms with E-state index in [1.807, 2.05) is 0 Å². The number of carbonyl (C=O) groups excluding carboxylic acids is 1. The highest BCUT2D eigenvalue weighted by atomic mass is 32.1. The highest BCUT2D eigenvalue weighted by Crippen LogP contribution is 2.06. The lowest BCUT2D eigenvalue weighted by atomic mass is 10.3. The molecule has 14 heavy (non-hydrogen) atoms. The van der Waals surface area contributed by atoms with Gasteiger partial charge in [0.1, 0.15) is 11.0 Å². The van der Waals surface area contributed by atoms with E-state index < -0.39 is 0 Å². The molecule has 0 radical (unpaired) electrons. The Hall–Kier alpha value is -1.43. The van der Waals surface area contributed by atoms with Crippen molar-refractivity contribution in [2.24, 2.45) is 5.73 Å². The van der Waals surface area contributed by atoms with Crippen LogP contribution in [-0.4, -0.2) is 27.7 Å². The topological polar surface area (TPSA) is 72.9 Å². The Morgan fingerprint density at radius 3 is 2.86 bits per heavy atom. The molecule has 0 fully saturated rings. The first-order chi connectivity index (χ1) is 6.56. The summed E-state index contributed by atoms with van der Waals surface area (Å²) >= 11 is 4.78. The van der Waals surface area contributed by atoms with Crippen LogP contribution in [0.5, 0.6) is 0 Å². The summed E-state index contributed by atoms with van der Waals surface area (Å²) in [5, 5.41) is 6.53. The van der Waals surface area contributed by atoms with E-state index in [-0.39, 0.29) is 16.9 Å². The van der Waals surface area contributed by atoms with Gasteiger partial charge in [0.15, 0.2) is 0 Å². The summed E-state index contributed by atoms with van der Waals surface area (Å²) in [5.41, 5.74) is 6.08. The largest absolute Gasteiger partial charge is 0.389 e. The number of rotatable bonds is 3. The van der Waals surface area contributed by atoms with Crippen molar-refractivity contribution in [3.63, 3.8) is 0 Å². The maximum absolute atomic E-state index is 11.3. The zero-order valence-corrected chi connectivity index (χ0v) is 8.84. The number of nitrogens with one attached hydrogen (secondary N) is 1. The molecule has 0 bridgehead atoms. The molecule has 1 amide bonds. The maximum Gasteiger partial charge on any atom is 0.244 e. The van der Waals surface area contributed by atoms with Gasteiger partial charge in [0.2, 0.25) is 5.91 Å². The van der Waals surface area contributed by atoms with E-state index in [4.69, 9.17) is 18.0 Å². The van der Waals surface area contributed by atoms with Crippen molar-refractivity contribution in [2.45, 2.75) is 13.0 Å². The molecule has 0 saturated heterocycles. The number of hydrogen-bond donors (Lipinski definition) is 2. The Labute approximate surface area is 87.3 Å². The Balaban J connectivity index is 2.86. The van der Waals surface area contributed by atoms with Crippen molar-refractivity contribution in [1.82, 2.24) is 15.1 Å². The van der Waals surface area contributed by atoms with Gasteiger partial charge in [0, 0.05) is 18.8 Å². The van der Waals surface area contributed by atoms with Gasteiger partial charge in [-0.2, -0.15) is 5.10 Å². The summed E-state index contributed by atoms with van der Waals surface area (Å²) in [6.45, 7) is 1.75. The molecule has 6 heteroatoms. The van der Waals surface area contributed by atoms with E-state index in [1.165, 1.54) is 4.68 Å². The minimum absolute atomic E-state index is 0.109. The van der Waals surface area contributed by atoms with Crippen molar-refractivity contribution in [3.8, 4) is 0 Å². The standard InChI is InChI=1S/C8H12N4OS/c1-5(8(13)10-2)12-4-6(3-11-12)7(9)14/h3-5H,1-2H3,(H2,9,14)(H,10,13). The molecule has 0 aliphatic heterocycles. The molecule has 1 heterocycles. The Morgan fingerprint density at radius 2 is 2.43 bits per heavy atom. The van der Waals surface area contributed by atoms with Gasteiger partial charge in [-0.25, -0.2) is 0 Å². The fourth-order valence-electron chi connectivity index (χ4n) is 1.01. The summed E-state index contributed by atoms with van der Waals surface area (Å²) in [6, 6.07) is -0.358. The van der Waals surface area contributed by atoms with Crippen molar-refractivity contribution in [1.29, 1.82) is 0 Å². The van der Waals surface area contributed by atoms with E-state index in [0.29, 0.717) is 5.56 Å². The molecule has 3 N–H and O–H groups in total. The molecule has 76 valence electrons. The molecule has 0 spiro atoms. The van der Waals surface area contributed by atoms with Crippen LogP contribution in [0.25, 0.3) is 0 Å². The second-order valence-corrected chi connectivity index (χ2v) is 3.30.